The molecule has 110 valence electrons. The van der Waals surface area contributed by atoms with Crippen molar-refractivity contribution in [2.45, 2.75) is 13.0 Å². The fourth-order valence-electron chi connectivity index (χ4n) is 1.93. The van der Waals surface area contributed by atoms with Crippen LogP contribution in [0.4, 0.5) is 11.4 Å². The zero-order chi connectivity index (χ0) is 15.6. The third-order valence-electron chi connectivity index (χ3n) is 2.96. The van der Waals surface area contributed by atoms with E-state index in [9.17, 15) is 10.1 Å². The van der Waals surface area contributed by atoms with Crippen molar-refractivity contribution >= 4 is 59.2 Å². The molecule has 0 aliphatic heterocycles. The molecule has 21 heavy (non-hydrogen) atoms. The summed E-state index contributed by atoms with van der Waals surface area (Å²) in [5, 5.41) is 14.1. The van der Waals surface area contributed by atoms with Crippen LogP contribution >= 0.6 is 47.8 Å². The predicted octanol–water partition coefficient (Wildman–Crippen LogP) is 6.06. The van der Waals surface area contributed by atoms with Crippen LogP contribution in [0.25, 0.3) is 0 Å². The van der Waals surface area contributed by atoms with Crippen LogP contribution in [0.2, 0.25) is 0 Å². The van der Waals surface area contributed by atoms with Crippen molar-refractivity contribution < 1.29 is 4.92 Å². The summed E-state index contributed by atoms with van der Waals surface area (Å²) in [5.74, 6) is 0. The van der Waals surface area contributed by atoms with Gasteiger partial charge < -0.3 is 5.32 Å². The Labute approximate surface area is 147 Å². The minimum absolute atomic E-state index is 0.0537. The van der Waals surface area contributed by atoms with Crippen LogP contribution in [0, 0.1) is 10.1 Å². The molecule has 0 radical (unpaired) electrons. The van der Waals surface area contributed by atoms with Crippen LogP contribution in [0.1, 0.15) is 18.5 Å². The molecule has 7 heteroatoms. The van der Waals surface area contributed by atoms with Gasteiger partial charge in [0, 0.05) is 26.7 Å². The maximum atomic E-state index is 10.8. The van der Waals surface area contributed by atoms with E-state index in [0.717, 1.165) is 20.2 Å². The summed E-state index contributed by atoms with van der Waals surface area (Å²) in [5.41, 5.74) is 1.97. The molecule has 0 saturated heterocycles. The van der Waals surface area contributed by atoms with E-state index < -0.39 is 4.92 Å². The van der Waals surface area contributed by atoms with Gasteiger partial charge in [0.25, 0.3) is 5.69 Å². The highest BCUT2D eigenvalue weighted by Gasteiger charge is 2.14. The van der Waals surface area contributed by atoms with Gasteiger partial charge in [-0.2, -0.15) is 0 Å². The smallest absolute Gasteiger partial charge is 0.283 e. The number of nitrogens with zero attached hydrogens (tertiary/aromatic N) is 1. The van der Waals surface area contributed by atoms with Gasteiger partial charge in [-0.1, -0.05) is 37.9 Å². The van der Waals surface area contributed by atoms with Crippen molar-refractivity contribution in [3.05, 3.63) is 65.5 Å². The van der Waals surface area contributed by atoms with Crippen molar-refractivity contribution in [3.63, 3.8) is 0 Å². The monoisotopic (exact) mass is 476 g/mol. The van der Waals surface area contributed by atoms with Gasteiger partial charge >= 0.3 is 0 Å². The summed E-state index contributed by atoms with van der Waals surface area (Å²) < 4.78 is 2.46. The minimum atomic E-state index is -0.414. The first-order chi connectivity index (χ1) is 9.88. The highest BCUT2D eigenvalue weighted by Crippen LogP contribution is 2.32. The Hall–Kier alpha value is -0.920. The van der Waals surface area contributed by atoms with Gasteiger partial charge in [0.2, 0.25) is 0 Å². The normalized spacial score (nSPS) is 12.0. The van der Waals surface area contributed by atoms with Gasteiger partial charge in [-0.05, 0) is 52.7 Å². The predicted molar refractivity (Wildman–Crippen MR) is 94.7 cm³/mol. The molecule has 0 fully saturated rings. The van der Waals surface area contributed by atoms with E-state index in [4.69, 9.17) is 0 Å². The minimum Gasteiger partial charge on any atom is -0.378 e. The molecule has 0 spiro atoms. The Morgan fingerprint density at radius 2 is 1.81 bits per heavy atom. The lowest BCUT2D eigenvalue weighted by Gasteiger charge is -2.17. The second-order valence-corrected chi connectivity index (χ2v) is 7.08. The van der Waals surface area contributed by atoms with Crippen molar-refractivity contribution in [2.75, 3.05) is 5.32 Å². The Balaban J connectivity index is 2.21. The summed E-state index contributed by atoms with van der Waals surface area (Å²) in [6.07, 6.45) is 0. The number of nitrogens with one attached hydrogen (secondary N) is 1. The van der Waals surface area contributed by atoms with Crippen LogP contribution in [0.3, 0.4) is 0 Å². The molecule has 0 heterocycles. The summed E-state index contributed by atoms with van der Waals surface area (Å²) >= 11 is 10.2. The molecule has 1 unspecified atom stereocenters. The summed E-state index contributed by atoms with van der Waals surface area (Å²) in [6.45, 7) is 2.03. The van der Waals surface area contributed by atoms with Gasteiger partial charge in [-0.3, -0.25) is 10.1 Å². The number of rotatable bonds is 4. The van der Waals surface area contributed by atoms with Crippen LogP contribution < -0.4 is 5.32 Å². The average molecular weight is 479 g/mol. The van der Waals surface area contributed by atoms with Gasteiger partial charge in [-0.25, -0.2) is 0 Å². The first-order valence-corrected chi connectivity index (χ1v) is 8.42. The lowest BCUT2D eigenvalue weighted by atomic mass is 10.1. The van der Waals surface area contributed by atoms with Crippen molar-refractivity contribution in [2.24, 2.45) is 0 Å². The molecule has 0 aliphatic carbocycles. The van der Waals surface area contributed by atoms with Gasteiger partial charge in [0.1, 0.15) is 0 Å². The molecule has 4 nitrogen and oxygen atoms in total. The number of hydrogen-bond acceptors (Lipinski definition) is 3. The standard InChI is InChI=1S/C14H11Br3N2O2/c1-8(11-4-2-9(15)6-12(11)16)18-10-3-5-14(19(20)21)13(17)7-10/h2-8,18H,1H3. The molecule has 0 bridgehead atoms. The van der Waals surface area contributed by atoms with Crippen LogP contribution in [0.5, 0.6) is 0 Å². The number of benzene rings is 2. The average Bonchev–Trinajstić information content (AvgIpc) is 2.37. The van der Waals surface area contributed by atoms with E-state index in [2.05, 4.69) is 53.1 Å². The molecule has 0 saturated carbocycles. The maximum absolute atomic E-state index is 10.8. The van der Waals surface area contributed by atoms with E-state index in [-0.39, 0.29) is 11.7 Å². The molecule has 2 aromatic carbocycles. The lowest BCUT2D eigenvalue weighted by molar-refractivity contribution is -0.385. The number of halogens is 3. The third-order valence-corrected chi connectivity index (χ3v) is 4.77. The fourth-order valence-corrected chi connectivity index (χ4v) is 3.84. The molecule has 2 aromatic rings. The van der Waals surface area contributed by atoms with E-state index in [1.165, 1.54) is 6.07 Å². The molecular weight excluding hydrogens is 468 g/mol. The third kappa shape index (κ3) is 4.05. The largest absolute Gasteiger partial charge is 0.378 e. The van der Waals surface area contributed by atoms with Crippen LogP contribution in [-0.2, 0) is 0 Å². The molecule has 1 N–H and O–H groups in total. The maximum Gasteiger partial charge on any atom is 0.283 e. The number of anilines is 1. The first-order valence-electron chi connectivity index (χ1n) is 6.04. The van der Waals surface area contributed by atoms with E-state index in [1.807, 2.05) is 25.1 Å². The molecule has 0 aliphatic rings. The Kier molecular flexibility index (Phi) is 5.40. The zero-order valence-corrected chi connectivity index (χ0v) is 15.7. The summed E-state index contributed by atoms with van der Waals surface area (Å²) in [7, 11) is 0. The van der Waals surface area contributed by atoms with Gasteiger partial charge in [-0.15, -0.1) is 0 Å². The van der Waals surface area contributed by atoms with Crippen LogP contribution in [0.15, 0.2) is 49.8 Å². The number of hydrogen-bond donors (Lipinski definition) is 1. The topological polar surface area (TPSA) is 55.2 Å². The van der Waals surface area contributed by atoms with Gasteiger partial charge in [0.05, 0.1) is 9.40 Å². The second-order valence-electron chi connectivity index (χ2n) is 4.46. The highest BCUT2D eigenvalue weighted by atomic mass is 79.9. The molecule has 1 atom stereocenters. The van der Waals surface area contributed by atoms with E-state index >= 15 is 0 Å². The van der Waals surface area contributed by atoms with Crippen LogP contribution in [-0.4, -0.2) is 4.92 Å². The molecule has 0 aromatic heterocycles. The van der Waals surface area contributed by atoms with Crippen molar-refractivity contribution in [1.82, 2.24) is 0 Å². The number of nitro benzene ring substituents is 1. The highest BCUT2D eigenvalue weighted by molar-refractivity contribution is 9.11. The van der Waals surface area contributed by atoms with E-state index in [1.54, 1.807) is 12.1 Å². The Bertz CT molecular complexity index is 692. The van der Waals surface area contributed by atoms with Gasteiger partial charge in [0.15, 0.2) is 0 Å². The zero-order valence-electron chi connectivity index (χ0n) is 10.9. The molecule has 0 amide bonds. The SMILES string of the molecule is CC(Nc1ccc([N+](=O)[O-])c(Br)c1)c1ccc(Br)cc1Br. The summed E-state index contributed by atoms with van der Waals surface area (Å²) in [4.78, 5) is 10.4. The fraction of sp³-hybridized carbons (Fsp3) is 0.143. The van der Waals surface area contributed by atoms with Crippen molar-refractivity contribution in [1.29, 1.82) is 0 Å². The Morgan fingerprint density at radius 1 is 1.10 bits per heavy atom. The lowest BCUT2D eigenvalue weighted by Crippen LogP contribution is -2.07. The number of nitro groups is 1. The van der Waals surface area contributed by atoms with E-state index in [0.29, 0.717) is 4.47 Å². The first kappa shape index (κ1) is 16.5. The summed E-state index contributed by atoms with van der Waals surface area (Å²) in [6, 6.07) is 10.9. The molecular formula is C14H11Br3N2O2. The van der Waals surface area contributed by atoms with Crippen molar-refractivity contribution in [3.8, 4) is 0 Å². The second kappa shape index (κ2) is 6.89. The quantitative estimate of drug-likeness (QED) is 0.429. The Morgan fingerprint density at radius 3 is 2.38 bits per heavy atom. The molecule has 2 rings (SSSR count).